The molecule has 7 heteroatoms. The van der Waals surface area contributed by atoms with Crippen molar-refractivity contribution < 1.29 is 18.3 Å². The Morgan fingerprint density at radius 2 is 2.31 bits per heavy atom. The molecular formula is C6H10N2O4S. The van der Waals surface area contributed by atoms with E-state index in [9.17, 15) is 9.00 Å². The van der Waals surface area contributed by atoms with Crippen LogP contribution in [-0.2, 0) is 15.4 Å². The molecule has 2 rings (SSSR count). The highest BCUT2D eigenvalue weighted by molar-refractivity contribution is 7.78. The lowest BCUT2D eigenvalue weighted by atomic mass is 10.2. The highest BCUT2D eigenvalue weighted by Crippen LogP contribution is 2.19. The minimum absolute atomic E-state index is 0.0364. The Kier molecular flexibility index (Phi) is 2.22. The molecular weight excluding hydrogens is 196 g/mol. The van der Waals surface area contributed by atoms with Crippen LogP contribution in [0.1, 0.15) is 0 Å². The van der Waals surface area contributed by atoms with Gasteiger partial charge in [-0.15, -0.1) is 0 Å². The number of piperazine rings is 1. The van der Waals surface area contributed by atoms with Gasteiger partial charge in [0.2, 0.25) is 11.3 Å². The van der Waals surface area contributed by atoms with E-state index in [0.29, 0.717) is 26.2 Å². The van der Waals surface area contributed by atoms with Crippen molar-refractivity contribution in [3.8, 4) is 0 Å². The third-order valence-corrected chi connectivity index (χ3v) is 3.45. The van der Waals surface area contributed by atoms with Crippen molar-refractivity contribution in [3.05, 3.63) is 0 Å². The molecule has 0 aromatic carbocycles. The SMILES string of the molecule is O=C(O)N1CCN2[C@@H](COS2=O)C1. The summed E-state index contributed by atoms with van der Waals surface area (Å²) < 4.78 is 17.7. The Balaban J connectivity index is 2.03. The summed E-state index contributed by atoms with van der Waals surface area (Å²) >= 11 is -1.35. The van der Waals surface area contributed by atoms with Crippen molar-refractivity contribution >= 4 is 17.4 Å². The first kappa shape index (κ1) is 8.92. The average molecular weight is 206 g/mol. The molecule has 2 saturated heterocycles. The molecule has 1 unspecified atom stereocenters. The molecule has 1 amide bonds. The third kappa shape index (κ3) is 1.54. The fourth-order valence-corrected chi connectivity index (χ4v) is 2.56. The molecule has 2 heterocycles. The van der Waals surface area contributed by atoms with Crippen LogP contribution in [0.15, 0.2) is 0 Å². The highest BCUT2D eigenvalue weighted by atomic mass is 32.2. The number of hydrogen-bond donors (Lipinski definition) is 1. The predicted octanol–water partition coefficient (Wildman–Crippen LogP) is -0.740. The van der Waals surface area contributed by atoms with Crippen LogP contribution in [0.3, 0.4) is 0 Å². The van der Waals surface area contributed by atoms with E-state index < -0.39 is 17.4 Å². The van der Waals surface area contributed by atoms with Crippen molar-refractivity contribution in [2.75, 3.05) is 26.2 Å². The van der Waals surface area contributed by atoms with Gasteiger partial charge in [-0.3, -0.25) is 4.18 Å². The first-order valence-electron chi connectivity index (χ1n) is 3.98. The average Bonchev–Trinajstić information content (AvgIpc) is 2.47. The Bertz CT molecular complexity index is 259. The van der Waals surface area contributed by atoms with Crippen LogP contribution in [0.5, 0.6) is 0 Å². The van der Waals surface area contributed by atoms with Crippen molar-refractivity contribution in [3.63, 3.8) is 0 Å². The fourth-order valence-electron chi connectivity index (χ4n) is 1.55. The minimum atomic E-state index is -1.35. The Hall–Kier alpha value is -0.660. The Labute approximate surface area is 77.9 Å². The van der Waals surface area contributed by atoms with Crippen LogP contribution in [0, 0.1) is 0 Å². The summed E-state index contributed by atoms with van der Waals surface area (Å²) in [6, 6.07) is -0.0364. The monoisotopic (exact) mass is 206 g/mol. The summed E-state index contributed by atoms with van der Waals surface area (Å²) in [6.45, 7) is 1.64. The highest BCUT2D eigenvalue weighted by Gasteiger charge is 2.38. The van der Waals surface area contributed by atoms with E-state index >= 15 is 0 Å². The topological polar surface area (TPSA) is 70.1 Å². The maximum atomic E-state index is 11.1. The number of nitrogens with zero attached hydrogens (tertiary/aromatic N) is 2. The smallest absolute Gasteiger partial charge is 0.407 e. The molecule has 2 aliphatic heterocycles. The summed E-state index contributed by atoms with van der Waals surface area (Å²) in [7, 11) is 0. The van der Waals surface area contributed by atoms with Gasteiger partial charge in [0, 0.05) is 19.6 Å². The van der Waals surface area contributed by atoms with Gasteiger partial charge in [0.05, 0.1) is 12.6 Å². The summed E-state index contributed by atoms with van der Waals surface area (Å²) in [4.78, 5) is 11.9. The fraction of sp³-hybridized carbons (Fsp3) is 0.833. The molecule has 2 atom stereocenters. The van der Waals surface area contributed by atoms with Gasteiger partial charge in [-0.05, 0) is 0 Å². The molecule has 2 aliphatic rings. The largest absolute Gasteiger partial charge is 0.465 e. The Morgan fingerprint density at radius 1 is 1.54 bits per heavy atom. The van der Waals surface area contributed by atoms with E-state index in [0.717, 1.165) is 0 Å². The number of rotatable bonds is 0. The lowest BCUT2D eigenvalue weighted by molar-refractivity contribution is 0.109. The Morgan fingerprint density at radius 3 is 3.00 bits per heavy atom. The lowest BCUT2D eigenvalue weighted by Crippen LogP contribution is -2.52. The van der Waals surface area contributed by atoms with Gasteiger partial charge in [-0.2, -0.15) is 4.31 Å². The second kappa shape index (κ2) is 3.24. The number of hydrogen-bond acceptors (Lipinski definition) is 3. The molecule has 0 bridgehead atoms. The van der Waals surface area contributed by atoms with Crippen LogP contribution in [-0.4, -0.2) is 56.9 Å². The van der Waals surface area contributed by atoms with Gasteiger partial charge in [0.15, 0.2) is 0 Å². The zero-order chi connectivity index (χ0) is 9.42. The zero-order valence-corrected chi connectivity index (χ0v) is 7.70. The second-order valence-corrected chi connectivity index (χ2v) is 4.16. The minimum Gasteiger partial charge on any atom is -0.465 e. The molecule has 2 fully saturated rings. The number of carboxylic acid groups (broad SMARTS) is 1. The van der Waals surface area contributed by atoms with Gasteiger partial charge in [-0.25, -0.2) is 9.00 Å². The summed E-state index contributed by atoms with van der Waals surface area (Å²) in [5.41, 5.74) is 0. The van der Waals surface area contributed by atoms with Gasteiger partial charge in [0.25, 0.3) is 0 Å². The van der Waals surface area contributed by atoms with E-state index in [4.69, 9.17) is 9.29 Å². The standard InChI is InChI=1S/C6H10N2O4S/c9-6(10)7-1-2-8-5(3-7)4-12-13(8)11/h5H,1-4H2,(H,9,10)/t5-,13?/m1/s1. The normalized spacial score (nSPS) is 34.6. The summed E-state index contributed by atoms with van der Waals surface area (Å²) in [6.07, 6.45) is -0.919. The van der Waals surface area contributed by atoms with Crippen LogP contribution in [0.4, 0.5) is 4.79 Å². The molecule has 0 aromatic heterocycles. The van der Waals surface area contributed by atoms with Crippen LogP contribution < -0.4 is 0 Å². The van der Waals surface area contributed by atoms with Crippen molar-refractivity contribution in [1.82, 2.24) is 9.21 Å². The molecule has 0 aliphatic carbocycles. The van der Waals surface area contributed by atoms with Crippen LogP contribution >= 0.6 is 0 Å². The van der Waals surface area contributed by atoms with Crippen LogP contribution in [0.25, 0.3) is 0 Å². The van der Waals surface area contributed by atoms with Gasteiger partial charge in [-0.1, -0.05) is 0 Å². The van der Waals surface area contributed by atoms with E-state index in [1.165, 1.54) is 4.90 Å². The predicted molar refractivity (Wildman–Crippen MR) is 44.2 cm³/mol. The lowest BCUT2D eigenvalue weighted by Gasteiger charge is -2.32. The zero-order valence-electron chi connectivity index (χ0n) is 6.88. The third-order valence-electron chi connectivity index (χ3n) is 2.25. The van der Waals surface area contributed by atoms with E-state index in [2.05, 4.69) is 0 Å². The maximum Gasteiger partial charge on any atom is 0.407 e. The first-order chi connectivity index (χ1) is 6.18. The number of amides is 1. The molecule has 13 heavy (non-hydrogen) atoms. The van der Waals surface area contributed by atoms with Crippen molar-refractivity contribution in [2.45, 2.75) is 6.04 Å². The quantitative estimate of drug-likeness (QED) is 0.566. The van der Waals surface area contributed by atoms with Crippen molar-refractivity contribution in [2.24, 2.45) is 0 Å². The van der Waals surface area contributed by atoms with E-state index in [1.807, 2.05) is 0 Å². The van der Waals surface area contributed by atoms with Crippen LogP contribution in [0.2, 0.25) is 0 Å². The summed E-state index contributed by atoms with van der Waals surface area (Å²) in [5.74, 6) is 0. The van der Waals surface area contributed by atoms with Gasteiger partial charge < -0.3 is 10.0 Å². The second-order valence-electron chi connectivity index (χ2n) is 3.02. The van der Waals surface area contributed by atoms with Crippen molar-refractivity contribution in [1.29, 1.82) is 0 Å². The van der Waals surface area contributed by atoms with Gasteiger partial charge in [0.1, 0.15) is 0 Å². The molecule has 0 spiro atoms. The summed E-state index contributed by atoms with van der Waals surface area (Å²) in [5, 5.41) is 8.71. The van der Waals surface area contributed by atoms with E-state index in [1.54, 1.807) is 4.31 Å². The van der Waals surface area contributed by atoms with E-state index in [-0.39, 0.29) is 6.04 Å². The number of fused-ring (bicyclic) bond motifs is 1. The molecule has 0 saturated carbocycles. The molecule has 6 nitrogen and oxygen atoms in total. The molecule has 1 N–H and O–H groups in total. The maximum absolute atomic E-state index is 11.1. The molecule has 74 valence electrons. The first-order valence-corrected chi connectivity index (χ1v) is 5.01. The van der Waals surface area contributed by atoms with Gasteiger partial charge >= 0.3 is 6.09 Å². The molecule has 0 aromatic rings. The number of carbonyl (C=O) groups is 1. The molecule has 0 radical (unpaired) electrons.